The number of methoxy groups -OCH3 is 1. The highest BCUT2D eigenvalue weighted by Crippen LogP contribution is 2.36. The molecular formula is C14H12F3NO. The van der Waals surface area contributed by atoms with E-state index in [0.717, 1.165) is 12.1 Å². The molecule has 0 saturated carbocycles. The third-order valence-electron chi connectivity index (χ3n) is 2.72. The number of ether oxygens (including phenoxy) is 1. The zero-order chi connectivity index (χ0) is 14.0. The number of hydrogen-bond acceptors (Lipinski definition) is 2. The van der Waals surface area contributed by atoms with Crippen molar-refractivity contribution in [2.24, 2.45) is 0 Å². The van der Waals surface area contributed by atoms with Crippen molar-refractivity contribution in [3.05, 3.63) is 48.0 Å². The fourth-order valence-electron chi connectivity index (χ4n) is 1.81. The molecule has 100 valence electrons. The molecule has 0 aliphatic carbocycles. The molecule has 0 radical (unpaired) electrons. The van der Waals surface area contributed by atoms with Gasteiger partial charge in [0.2, 0.25) is 0 Å². The third-order valence-corrected chi connectivity index (χ3v) is 2.72. The molecule has 0 amide bonds. The molecule has 0 unspecified atom stereocenters. The maximum absolute atomic E-state index is 12.7. The standard InChI is InChI=1S/C14H12F3NO/c1-19-13-6-5-11(18)8-12(13)9-3-2-4-10(7-9)14(15,16)17/h2-8H,18H2,1H3. The first-order valence-corrected chi connectivity index (χ1v) is 5.53. The van der Waals surface area contributed by atoms with E-state index in [1.165, 1.54) is 13.2 Å². The largest absolute Gasteiger partial charge is 0.496 e. The van der Waals surface area contributed by atoms with Crippen LogP contribution >= 0.6 is 0 Å². The lowest BCUT2D eigenvalue weighted by molar-refractivity contribution is -0.137. The molecule has 0 spiro atoms. The first-order valence-electron chi connectivity index (χ1n) is 5.53. The number of halogens is 3. The minimum Gasteiger partial charge on any atom is -0.496 e. The zero-order valence-electron chi connectivity index (χ0n) is 10.2. The Morgan fingerprint density at radius 3 is 2.42 bits per heavy atom. The Labute approximate surface area is 108 Å². The van der Waals surface area contributed by atoms with E-state index >= 15 is 0 Å². The Morgan fingerprint density at radius 1 is 1.05 bits per heavy atom. The van der Waals surface area contributed by atoms with Gasteiger partial charge in [0.25, 0.3) is 0 Å². The lowest BCUT2D eigenvalue weighted by Gasteiger charge is -2.12. The summed E-state index contributed by atoms with van der Waals surface area (Å²) in [5.41, 5.74) is 6.38. The van der Waals surface area contributed by atoms with Crippen molar-refractivity contribution in [2.45, 2.75) is 6.18 Å². The van der Waals surface area contributed by atoms with E-state index in [0.29, 0.717) is 22.6 Å². The number of anilines is 1. The average molecular weight is 267 g/mol. The van der Waals surface area contributed by atoms with E-state index in [1.807, 2.05) is 0 Å². The van der Waals surface area contributed by atoms with Crippen LogP contribution in [0, 0.1) is 0 Å². The molecule has 0 saturated heterocycles. The van der Waals surface area contributed by atoms with E-state index in [4.69, 9.17) is 10.5 Å². The van der Waals surface area contributed by atoms with E-state index < -0.39 is 11.7 Å². The van der Waals surface area contributed by atoms with Gasteiger partial charge in [0, 0.05) is 11.3 Å². The second kappa shape index (κ2) is 4.84. The second-order valence-corrected chi connectivity index (χ2v) is 4.04. The highest BCUT2D eigenvalue weighted by Gasteiger charge is 2.30. The fraction of sp³-hybridized carbons (Fsp3) is 0.143. The monoisotopic (exact) mass is 267 g/mol. The van der Waals surface area contributed by atoms with Gasteiger partial charge in [-0.2, -0.15) is 13.2 Å². The van der Waals surface area contributed by atoms with Gasteiger partial charge in [-0.1, -0.05) is 12.1 Å². The molecular weight excluding hydrogens is 255 g/mol. The highest BCUT2D eigenvalue weighted by molar-refractivity contribution is 5.74. The van der Waals surface area contributed by atoms with E-state index in [2.05, 4.69) is 0 Å². The van der Waals surface area contributed by atoms with Crippen LogP contribution in [0.4, 0.5) is 18.9 Å². The van der Waals surface area contributed by atoms with Crippen LogP contribution in [0.15, 0.2) is 42.5 Å². The Balaban J connectivity index is 2.56. The Bertz CT molecular complexity index is 593. The summed E-state index contributed by atoms with van der Waals surface area (Å²) in [7, 11) is 1.46. The number of nitrogens with two attached hydrogens (primary N) is 1. The van der Waals surface area contributed by atoms with Crippen molar-refractivity contribution < 1.29 is 17.9 Å². The quantitative estimate of drug-likeness (QED) is 0.836. The van der Waals surface area contributed by atoms with Gasteiger partial charge in [0.05, 0.1) is 12.7 Å². The van der Waals surface area contributed by atoms with Gasteiger partial charge in [-0.05, 0) is 35.9 Å². The van der Waals surface area contributed by atoms with Gasteiger partial charge in [0.15, 0.2) is 0 Å². The molecule has 0 atom stereocenters. The van der Waals surface area contributed by atoms with Crippen LogP contribution in [0.5, 0.6) is 5.75 Å². The van der Waals surface area contributed by atoms with Crippen LogP contribution in [-0.2, 0) is 6.18 Å². The Kier molecular flexibility index (Phi) is 3.38. The molecule has 5 heteroatoms. The number of rotatable bonds is 2. The summed E-state index contributed by atoms with van der Waals surface area (Å²) in [4.78, 5) is 0. The van der Waals surface area contributed by atoms with Crippen molar-refractivity contribution in [1.82, 2.24) is 0 Å². The van der Waals surface area contributed by atoms with E-state index in [1.54, 1.807) is 24.3 Å². The first-order chi connectivity index (χ1) is 8.91. The summed E-state index contributed by atoms with van der Waals surface area (Å²) in [5.74, 6) is 0.480. The maximum Gasteiger partial charge on any atom is 0.416 e. The number of nitrogen functional groups attached to an aromatic ring is 1. The van der Waals surface area contributed by atoms with Gasteiger partial charge < -0.3 is 10.5 Å². The van der Waals surface area contributed by atoms with Gasteiger partial charge in [-0.15, -0.1) is 0 Å². The van der Waals surface area contributed by atoms with Crippen LogP contribution < -0.4 is 10.5 Å². The van der Waals surface area contributed by atoms with Crippen molar-refractivity contribution >= 4 is 5.69 Å². The fourth-order valence-corrected chi connectivity index (χ4v) is 1.81. The predicted molar refractivity (Wildman–Crippen MR) is 67.8 cm³/mol. The summed E-state index contributed by atoms with van der Waals surface area (Å²) >= 11 is 0. The SMILES string of the molecule is COc1ccc(N)cc1-c1cccc(C(F)(F)F)c1. The molecule has 0 aliphatic rings. The van der Waals surface area contributed by atoms with E-state index in [-0.39, 0.29) is 0 Å². The number of benzene rings is 2. The molecule has 0 aliphatic heterocycles. The molecule has 2 N–H and O–H groups in total. The molecule has 0 bridgehead atoms. The molecule has 0 aromatic heterocycles. The predicted octanol–water partition coefficient (Wildman–Crippen LogP) is 3.96. The lowest BCUT2D eigenvalue weighted by atomic mass is 10.0. The second-order valence-electron chi connectivity index (χ2n) is 4.04. The minimum absolute atomic E-state index is 0.416. The number of hydrogen-bond donors (Lipinski definition) is 1. The first kappa shape index (κ1) is 13.3. The summed E-state index contributed by atoms with van der Waals surface area (Å²) in [5, 5.41) is 0. The van der Waals surface area contributed by atoms with Gasteiger partial charge in [-0.3, -0.25) is 0 Å². The van der Waals surface area contributed by atoms with E-state index in [9.17, 15) is 13.2 Å². The van der Waals surface area contributed by atoms with Gasteiger partial charge in [-0.25, -0.2) is 0 Å². The third kappa shape index (κ3) is 2.81. The van der Waals surface area contributed by atoms with Crippen LogP contribution in [0.25, 0.3) is 11.1 Å². The smallest absolute Gasteiger partial charge is 0.416 e. The zero-order valence-corrected chi connectivity index (χ0v) is 10.2. The van der Waals surface area contributed by atoms with Crippen LogP contribution in [-0.4, -0.2) is 7.11 Å². The summed E-state index contributed by atoms with van der Waals surface area (Å²) < 4.78 is 43.2. The maximum atomic E-state index is 12.7. The molecule has 19 heavy (non-hydrogen) atoms. The average Bonchev–Trinajstić information content (AvgIpc) is 2.38. The molecule has 2 rings (SSSR count). The molecule has 2 nitrogen and oxygen atoms in total. The molecule has 2 aromatic carbocycles. The van der Waals surface area contributed by atoms with Crippen molar-refractivity contribution in [3.63, 3.8) is 0 Å². The van der Waals surface area contributed by atoms with Crippen LogP contribution in [0.2, 0.25) is 0 Å². The van der Waals surface area contributed by atoms with Crippen LogP contribution in [0.3, 0.4) is 0 Å². The number of alkyl halides is 3. The topological polar surface area (TPSA) is 35.2 Å². The van der Waals surface area contributed by atoms with Crippen molar-refractivity contribution in [2.75, 3.05) is 12.8 Å². The summed E-state index contributed by atoms with van der Waals surface area (Å²) in [6.45, 7) is 0. The normalized spacial score (nSPS) is 11.4. The molecule has 2 aromatic rings. The molecule has 0 fully saturated rings. The summed E-state index contributed by atoms with van der Waals surface area (Å²) in [6, 6.07) is 9.92. The minimum atomic E-state index is -4.37. The lowest BCUT2D eigenvalue weighted by Crippen LogP contribution is -2.04. The summed E-state index contributed by atoms with van der Waals surface area (Å²) in [6.07, 6.45) is -4.37. The van der Waals surface area contributed by atoms with Crippen molar-refractivity contribution in [1.29, 1.82) is 0 Å². The van der Waals surface area contributed by atoms with Gasteiger partial charge in [0.1, 0.15) is 5.75 Å². The van der Waals surface area contributed by atoms with Gasteiger partial charge >= 0.3 is 6.18 Å². The Morgan fingerprint density at radius 2 is 1.79 bits per heavy atom. The van der Waals surface area contributed by atoms with Crippen molar-refractivity contribution in [3.8, 4) is 16.9 Å². The molecule has 0 heterocycles. The Hall–Kier alpha value is -2.17. The van der Waals surface area contributed by atoms with Crippen LogP contribution in [0.1, 0.15) is 5.56 Å². The highest BCUT2D eigenvalue weighted by atomic mass is 19.4.